The average molecular weight is 233 g/mol. The topological polar surface area (TPSA) is 119 Å². The minimum Gasteiger partial charge on any atom is -0.480 e. The molecule has 0 saturated heterocycles. The molecule has 16 heavy (non-hydrogen) atoms. The van der Waals surface area contributed by atoms with Crippen molar-refractivity contribution in [3.05, 3.63) is 0 Å². The first-order valence-corrected chi connectivity index (χ1v) is 4.62. The Morgan fingerprint density at radius 3 is 2.19 bits per heavy atom. The summed E-state index contributed by atoms with van der Waals surface area (Å²) in [4.78, 5) is 32.4. The molecule has 0 saturated carbocycles. The number of ether oxygens (including phenoxy) is 1. The predicted molar refractivity (Wildman–Crippen MR) is 54.6 cm³/mol. The summed E-state index contributed by atoms with van der Waals surface area (Å²) in [5.74, 6) is -2.16. The van der Waals surface area contributed by atoms with Gasteiger partial charge in [0, 0.05) is 0 Å². The highest BCUT2D eigenvalue weighted by Crippen LogP contribution is 2.07. The molecule has 0 aromatic carbocycles. The second kappa shape index (κ2) is 5.34. The van der Waals surface area contributed by atoms with Crippen molar-refractivity contribution in [1.29, 1.82) is 0 Å². The van der Waals surface area contributed by atoms with Gasteiger partial charge in [0.2, 0.25) is 5.91 Å². The average Bonchev–Trinajstić information content (AvgIpc) is 1.97. The molecule has 0 radical (unpaired) electrons. The first-order chi connectivity index (χ1) is 7.11. The maximum absolute atomic E-state index is 11.2. The Labute approximate surface area is 92.9 Å². The Balaban J connectivity index is 4.35. The van der Waals surface area contributed by atoms with Gasteiger partial charge in [0.1, 0.15) is 11.6 Å². The predicted octanol–water partition coefficient (Wildman–Crippen LogP) is -0.160. The van der Waals surface area contributed by atoms with E-state index >= 15 is 0 Å². The van der Waals surface area contributed by atoms with E-state index in [9.17, 15) is 14.4 Å². The van der Waals surface area contributed by atoms with Crippen LogP contribution in [-0.4, -0.2) is 34.7 Å². The van der Waals surface area contributed by atoms with Gasteiger partial charge < -0.3 is 20.9 Å². The van der Waals surface area contributed by atoms with E-state index in [4.69, 9.17) is 15.6 Å². The second-order valence-electron chi connectivity index (χ2n) is 4.21. The third kappa shape index (κ3) is 6.63. The number of hydrogen-bond acceptors (Lipinski definition) is 4. The van der Waals surface area contributed by atoms with Crippen LogP contribution in [0.15, 0.2) is 0 Å². The number of aliphatic carboxylic acids is 1. The third-order valence-corrected chi connectivity index (χ3v) is 1.39. The van der Waals surface area contributed by atoms with E-state index in [2.05, 4.69) is 0 Å². The van der Waals surface area contributed by atoms with Gasteiger partial charge in [-0.1, -0.05) is 0 Å². The van der Waals surface area contributed by atoms with Crippen LogP contribution in [0.5, 0.6) is 0 Å². The Hall–Kier alpha value is -1.79. The van der Waals surface area contributed by atoms with Crippen molar-refractivity contribution in [2.75, 3.05) is 0 Å². The van der Waals surface area contributed by atoms with Crippen LogP contribution in [-0.2, 0) is 14.3 Å². The zero-order chi connectivity index (χ0) is 12.9. The second-order valence-corrected chi connectivity index (χ2v) is 4.21. The maximum Gasteiger partial charge on any atom is 0.408 e. The number of carboxylic acids is 1. The Morgan fingerprint density at radius 2 is 1.88 bits per heavy atom. The van der Waals surface area contributed by atoms with Crippen LogP contribution in [0.1, 0.15) is 27.2 Å². The molecule has 0 aliphatic rings. The molecular formula is C9H16N2O5. The van der Waals surface area contributed by atoms with Crippen LogP contribution in [0, 0.1) is 0 Å². The lowest BCUT2D eigenvalue weighted by Crippen LogP contribution is -2.45. The molecule has 0 fully saturated rings. The van der Waals surface area contributed by atoms with Gasteiger partial charge in [-0.05, 0) is 20.8 Å². The largest absolute Gasteiger partial charge is 0.480 e. The molecule has 0 aromatic heterocycles. The number of carbonyl (C=O) groups excluding carboxylic acids is 2. The molecule has 0 aliphatic carbocycles. The molecule has 0 bridgehead atoms. The lowest BCUT2D eigenvalue weighted by Gasteiger charge is -2.21. The molecule has 2 amide bonds. The molecule has 7 nitrogen and oxygen atoms in total. The normalized spacial score (nSPS) is 12.7. The van der Waals surface area contributed by atoms with E-state index in [-0.39, 0.29) is 0 Å². The van der Waals surface area contributed by atoms with Crippen molar-refractivity contribution in [1.82, 2.24) is 5.32 Å². The fourth-order valence-corrected chi connectivity index (χ4v) is 0.851. The third-order valence-electron chi connectivity index (χ3n) is 1.39. The molecule has 0 rings (SSSR count). The van der Waals surface area contributed by atoms with Crippen molar-refractivity contribution in [2.45, 2.75) is 38.8 Å². The SMILES string of the molecule is CC(C)(C)OC(=O)N[C@@H](CC([15NH2])=O)C(=O)O. The molecule has 92 valence electrons. The summed E-state index contributed by atoms with van der Waals surface area (Å²) in [5, 5.41) is 10.7. The molecule has 4 N–H and O–H groups in total. The smallest absolute Gasteiger partial charge is 0.408 e. The number of carbonyl (C=O) groups is 3. The minimum atomic E-state index is -1.37. The van der Waals surface area contributed by atoms with E-state index < -0.39 is 36.0 Å². The van der Waals surface area contributed by atoms with Crippen molar-refractivity contribution in [3.63, 3.8) is 0 Å². The fraction of sp³-hybridized carbons (Fsp3) is 0.667. The van der Waals surface area contributed by atoms with Gasteiger partial charge in [-0.25, -0.2) is 9.59 Å². The van der Waals surface area contributed by atoms with Crippen LogP contribution in [0.4, 0.5) is 4.79 Å². The van der Waals surface area contributed by atoms with E-state index in [1.807, 2.05) is 5.32 Å². The standard InChI is InChI=1S/C9H16N2O5/c1-9(2,3)16-8(15)11-5(7(13)14)4-6(10)12/h5H,4H2,1-3H3,(H2,10,12)(H,11,15)(H,13,14)/t5-/m0/s1/i10+1. The lowest BCUT2D eigenvalue weighted by molar-refractivity contribution is -0.141. The summed E-state index contributed by atoms with van der Waals surface area (Å²) >= 11 is 0. The van der Waals surface area contributed by atoms with Gasteiger partial charge in [-0.15, -0.1) is 0 Å². The Morgan fingerprint density at radius 1 is 1.38 bits per heavy atom. The summed E-state index contributed by atoms with van der Waals surface area (Å²) in [6.45, 7) is 4.91. The number of hydrogen-bond donors (Lipinski definition) is 3. The van der Waals surface area contributed by atoms with Gasteiger partial charge in [0.25, 0.3) is 0 Å². The fourth-order valence-electron chi connectivity index (χ4n) is 0.851. The summed E-state index contributed by atoms with van der Waals surface area (Å²) < 4.78 is 4.83. The van der Waals surface area contributed by atoms with Crippen molar-refractivity contribution >= 4 is 18.0 Å². The quantitative estimate of drug-likeness (QED) is 0.583. The summed E-state index contributed by atoms with van der Waals surface area (Å²) in [6.07, 6.45) is -1.38. The lowest BCUT2D eigenvalue weighted by atomic mass is 10.2. The van der Waals surface area contributed by atoms with E-state index in [1.165, 1.54) is 0 Å². The number of alkyl carbamates (subject to hydrolysis) is 1. The van der Waals surface area contributed by atoms with Gasteiger partial charge in [-0.3, -0.25) is 4.79 Å². The van der Waals surface area contributed by atoms with Crippen molar-refractivity contribution in [2.24, 2.45) is 5.73 Å². The summed E-state index contributed by atoms with van der Waals surface area (Å²) in [5.41, 5.74) is 4.10. The van der Waals surface area contributed by atoms with Crippen molar-refractivity contribution in [3.8, 4) is 0 Å². The highest BCUT2D eigenvalue weighted by Gasteiger charge is 2.25. The zero-order valence-electron chi connectivity index (χ0n) is 9.44. The molecule has 0 spiro atoms. The molecule has 0 aromatic rings. The maximum atomic E-state index is 11.2. The number of rotatable bonds is 4. The Bertz CT molecular complexity index is 295. The van der Waals surface area contributed by atoms with Crippen molar-refractivity contribution < 1.29 is 24.2 Å². The van der Waals surface area contributed by atoms with Crippen LogP contribution in [0.3, 0.4) is 0 Å². The zero-order valence-corrected chi connectivity index (χ0v) is 9.44. The van der Waals surface area contributed by atoms with Gasteiger partial charge in [0.05, 0.1) is 6.42 Å². The Kier molecular flexibility index (Phi) is 4.74. The first-order valence-electron chi connectivity index (χ1n) is 4.62. The van der Waals surface area contributed by atoms with E-state index in [1.54, 1.807) is 20.8 Å². The monoisotopic (exact) mass is 233 g/mol. The van der Waals surface area contributed by atoms with Gasteiger partial charge in [0.15, 0.2) is 0 Å². The highest BCUT2D eigenvalue weighted by atomic mass is 16.6. The number of nitrogens with one attached hydrogen (secondary N) is 1. The molecule has 0 aliphatic heterocycles. The number of primary amides is 1. The molecule has 0 heterocycles. The van der Waals surface area contributed by atoms with E-state index in [0.29, 0.717) is 0 Å². The number of amides is 2. The molecular weight excluding hydrogens is 217 g/mol. The van der Waals surface area contributed by atoms with E-state index in [0.717, 1.165) is 0 Å². The highest BCUT2D eigenvalue weighted by molar-refractivity contribution is 5.86. The molecule has 0 unspecified atom stereocenters. The van der Waals surface area contributed by atoms with Crippen LogP contribution < -0.4 is 11.1 Å². The van der Waals surface area contributed by atoms with Gasteiger partial charge >= 0.3 is 12.1 Å². The first kappa shape index (κ1) is 14.2. The summed E-state index contributed by atoms with van der Waals surface area (Å²) in [7, 11) is 0. The number of carboxylic acid groups (broad SMARTS) is 1. The van der Waals surface area contributed by atoms with Crippen LogP contribution in [0.2, 0.25) is 0 Å². The van der Waals surface area contributed by atoms with Crippen LogP contribution in [0.25, 0.3) is 0 Å². The van der Waals surface area contributed by atoms with Gasteiger partial charge in [-0.2, -0.15) is 0 Å². The molecule has 1 atom stereocenters. The minimum absolute atomic E-state index is 0.478. The van der Waals surface area contributed by atoms with Crippen LogP contribution >= 0.6 is 0 Å². The number of nitrogens with two attached hydrogens (primary N) is 1. The molecule has 7 heteroatoms. The summed E-state index contributed by atoms with van der Waals surface area (Å²) in [6, 6.07) is -1.37.